The topological polar surface area (TPSA) is 77.5 Å². The lowest BCUT2D eigenvalue weighted by atomic mass is 10.1. The number of rotatable bonds is 8. The number of amides is 1. The van der Waals surface area contributed by atoms with Crippen LogP contribution in [0.2, 0.25) is 0 Å². The molecule has 0 saturated carbocycles. The quantitative estimate of drug-likeness (QED) is 0.353. The summed E-state index contributed by atoms with van der Waals surface area (Å²) < 4.78 is 12.1. The van der Waals surface area contributed by atoms with Crippen molar-refractivity contribution in [2.75, 3.05) is 12.4 Å². The highest BCUT2D eigenvalue weighted by atomic mass is 32.1. The number of carbonyl (C=O) groups excluding carboxylic acids is 2. The van der Waals surface area contributed by atoms with Crippen LogP contribution in [-0.2, 0) is 20.7 Å². The average Bonchev–Trinajstić information content (AvgIpc) is 3.25. The van der Waals surface area contributed by atoms with Crippen LogP contribution in [0.25, 0.3) is 10.2 Å². The maximum absolute atomic E-state index is 13.2. The Hall–Kier alpha value is -3.71. The molecule has 0 aliphatic heterocycles. The van der Waals surface area contributed by atoms with Gasteiger partial charge in [0.1, 0.15) is 5.75 Å². The zero-order valence-electron chi connectivity index (χ0n) is 18.4. The predicted octanol–water partition coefficient (Wildman–Crippen LogP) is 5.47. The van der Waals surface area contributed by atoms with E-state index in [2.05, 4.69) is 10.3 Å². The Morgan fingerprint density at radius 3 is 2.55 bits per heavy atom. The van der Waals surface area contributed by atoms with Gasteiger partial charge in [-0.15, -0.1) is 11.3 Å². The number of nitrogens with one attached hydrogen (secondary N) is 1. The van der Waals surface area contributed by atoms with Crippen molar-refractivity contribution in [1.29, 1.82) is 0 Å². The molecule has 1 aromatic heterocycles. The number of thiazole rings is 1. The first kappa shape index (κ1) is 22.5. The van der Waals surface area contributed by atoms with Crippen LogP contribution in [0.5, 0.6) is 5.75 Å². The van der Waals surface area contributed by atoms with Crippen LogP contribution >= 0.6 is 11.3 Å². The lowest BCUT2D eigenvalue weighted by molar-refractivity contribution is -0.154. The molecule has 4 aromatic rings. The van der Waals surface area contributed by atoms with Crippen molar-refractivity contribution in [3.63, 3.8) is 0 Å². The van der Waals surface area contributed by atoms with Gasteiger partial charge in [0, 0.05) is 12.0 Å². The fourth-order valence-electron chi connectivity index (χ4n) is 3.44. The van der Waals surface area contributed by atoms with Crippen LogP contribution in [0.15, 0.2) is 72.8 Å². The molecule has 0 aliphatic rings. The second kappa shape index (κ2) is 10.3. The Labute approximate surface area is 196 Å². The predicted molar refractivity (Wildman–Crippen MR) is 130 cm³/mol. The molecule has 0 fully saturated rings. The molecule has 1 heterocycles. The number of carbonyl (C=O) groups is 2. The molecule has 1 atom stereocenters. The third-order valence-corrected chi connectivity index (χ3v) is 6.18. The number of aryl methyl sites for hydroxylation is 2. The minimum atomic E-state index is -1.08. The van der Waals surface area contributed by atoms with Crippen LogP contribution < -0.4 is 10.1 Å². The molecule has 0 spiro atoms. The largest absolute Gasteiger partial charge is 0.495 e. The monoisotopic (exact) mass is 460 g/mol. The highest BCUT2D eigenvalue weighted by Gasteiger charge is 2.26. The number of ether oxygens (including phenoxy) is 2. The molecule has 1 amide bonds. The van der Waals surface area contributed by atoms with Gasteiger partial charge in [-0.2, -0.15) is 0 Å². The number of nitrogens with zero attached hydrogens (tertiary/aromatic N) is 1. The van der Waals surface area contributed by atoms with E-state index in [1.165, 1.54) is 7.11 Å². The number of esters is 1. The number of hydrogen-bond donors (Lipinski definition) is 1. The Morgan fingerprint density at radius 2 is 1.79 bits per heavy atom. The fourth-order valence-corrected chi connectivity index (χ4v) is 4.41. The van der Waals surface area contributed by atoms with Gasteiger partial charge < -0.3 is 14.8 Å². The molecule has 0 unspecified atom stereocenters. The fraction of sp³-hybridized carbons (Fsp3) is 0.192. The summed E-state index contributed by atoms with van der Waals surface area (Å²) in [6.45, 7) is 1.92. The second-order valence-electron chi connectivity index (χ2n) is 7.55. The van der Waals surface area contributed by atoms with Crippen LogP contribution in [-0.4, -0.2) is 24.0 Å². The molecule has 4 rings (SSSR count). The summed E-state index contributed by atoms with van der Waals surface area (Å²) in [5, 5.41) is 3.71. The maximum Gasteiger partial charge on any atom is 0.307 e. The van der Waals surface area contributed by atoms with Crippen molar-refractivity contribution in [3.8, 4) is 5.75 Å². The Morgan fingerprint density at radius 1 is 1.03 bits per heavy atom. The summed E-state index contributed by atoms with van der Waals surface area (Å²) in [5.74, 6) is -0.379. The van der Waals surface area contributed by atoms with Gasteiger partial charge in [-0.05, 0) is 36.8 Å². The first-order valence-electron chi connectivity index (χ1n) is 10.6. The Balaban J connectivity index is 1.48. The summed E-state index contributed by atoms with van der Waals surface area (Å²) in [4.78, 5) is 30.4. The molecule has 33 heavy (non-hydrogen) atoms. The molecule has 6 nitrogen and oxygen atoms in total. The normalized spacial score (nSPS) is 11.7. The highest BCUT2D eigenvalue weighted by molar-refractivity contribution is 7.18. The minimum absolute atomic E-state index is 0.129. The van der Waals surface area contributed by atoms with Gasteiger partial charge in [0.15, 0.2) is 0 Å². The molecule has 3 aromatic carbocycles. The van der Waals surface area contributed by atoms with Gasteiger partial charge in [0.05, 0.1) is 34.4 Å². The molecular weight excluding hydrogens is 436 g/mol. The average molecular weight is 461 g/mol. The van der Waals surface area contributed by atoms with Gasteiger partial charge >= 0.3 is 5.97 Å². The Bertz CT molecular complexity index is 1240. The summed E-state index contributed by atoms with van der Waals surface area (Å²) in [6, 6.07) is 22.3. The van der Waals surface area contributed by atoms with Crippen molar-refractivity contribution < 1.29 is 19.1 Å². The number of hydrogen-bond acceptors (Lipinski definition) is 6. The van der Waals surface area contributed by atoms with E-state index in [1.807, 2.05) is 49.4 Å². The van der Waals surface area contributed by atoms with Gasteiger partial charge in [-0.1, -0.05) is 48.5 Å². The van der Waals surface area contributed by atoms with E-state index < -0.39 is 18.0 Å². The molecule has 0 bridgehead atoms. The number of methoxy groups -OCH3 is 1. The number of aromatic nitrogens is 1. The standard InChI is InChI=1S/C26H24N2O4S/c1-17-12-13-21(31-2)20(16-17)28-26(30)25(18-8-4-3-5-9-18)32-24(29)15-14-23-27-19-10-6-7-11-22(19)33-23/h3-13,16,25H,14-15H2,1-2H3,(H,28,30)/t25-/m0/s1. The van der Waals surface area contributed by atoms with Gasteiger partial charge in [-0.25, -0.2) is 4.98 Å². The van der Waals surface area contributed by atoms with Crippen LogP contribution in [0, 0.1) is 6.92 Å². The van der Waals surface area contributed by atoms with Crippen molar-refractivity contribution in [2.45, 2.75) is 25.9 Å². The first-order valence-corrected chi connectivity index (χ1v) is 11.4. The zero-order chi connectivity index (χ0) is 23.2. The lowest BCUT2D eigenvalue weighted by Gasteiger charge is -2.19. The van der Waals surface area contributed by atoms with E-state index in [-0.39, 0.29) is 6.42 Å². The third kappa shape index (κ3) is 5.56. The number of anilines is 1. The van der Waals surface area contributed by atoms with Gasteiger partial charge in [0.2, 0.25) is 6.10 Å². The number of para-hydroxylation sites is 1. The highest BCUT2D eigenvalue weighted by Crippen LogP contribution is 2.28. The van der Waals surface area contributed by atoms with Crippen LogP contribution in [0.1, 0.15) is 28.7 Å². The molecule has 0 aliphatic carbocycles. The van der Waals surface area contributed by atoms with E-state index in [0.29, 0.717) is 23.4 Å². The second-order valence-corrected chi connectivity index (χ2v) is 8.66. The zero-order valence-corrected chi connectivity index (χ0v) is 19.2. The molecule has 1 N–H and O–H groups in total. The van der Waals surface area contributed by atoms with Gasteiger partial charge in [0.25, 0.3) is 5.91 Å². The van der Waals surface area contributed by atoms with E-state index >= 15 is 0 Å². The molecule has 0 saturated heterocycles. The van der Waals surface area contributed by atoms with Crippen LogP contribution in [0.3, 0.4) is 0 Å². The summed E-state index contributed by atoms with van der Waals surface area (Å²) in [5.41, 5.74) is 3.00. The number of benzene rings is 3. The third-order valence-electron chi connectivity index (χ3n) is 5.08. The summed E-state index contributed by atoms with van der Waals surface area (Å²) in [7, 11) is 1.54. The van der Waals surface area contributed by atoms with Gasteiger partial charge in [-0.3, -0.25) is 9.59 Å². The van der Waals surface area contributed by atoms with Crippen molar-refractivity contribution >= 4 is 39.1 Å². The van der Waals surface area contributed by atoms with Crippen molar-refractivity contribution in [3.05, 3.63) is 88.9 Å². The lowest BCUT2D eigenvalue weighted by Crippen LogP contribution is -2.26. The summed E-state index contributed by atoms with van der Waals surface area (Å²) >= 11 is 1.56. The molecule has 0 radical (unpaired) electrons. The minimum Gasteiger partial charge on any atom is -0.495 e. The molecule has 7 heteroatoms. The summed E-state index contributed by atoms with van der Waals surface area (Å²) in [6.07, 6.45) is -0.503. The SMILES string of the molecule is COc1ccc(C)cc1NC(=O)[C@@H](OC(=O)CCc1nc2ccccc2s1)c1ccccc1. The van der Waals surface area contributed by atoms with Crippen LogP contribution in [0.4, 0.5) is 5.69 Å². The smallest absolute Gasteiger partial charge is 0.307 e. The van der Waals surface area contributed by atoms with Crippen molar-refractivity contribution in [2.24, 2.45) is 0 Å². The van der Waals surface area contributed by atoms with E-state index in [1.54, 1.807) is 41.7 Å². The molecule has 168 valence electrons. The van der Waals surface area contributed by atoms with E-state index in [9.17, 15) is 9.59 Å². The molecular formula is C26H24N2O4S. The Kier molecular flexibility index (Phi) is 7.00. The van der Waals surface area contributed by atoms with E-state index in [0.717, 1.165) is 20.8 Å². The maximum atomic E-state index is 13.2. The number of fused-ring (bicyclic) bond motifs is 1. The van der Waals surface area contributed by atoms with E-state index in [4.69, 9.17) is 9.47 Å². The van der Waals surface area contributed by atoms with Crippen molar-refractivity contribution in [1.82, 2.24) is 4.98 Å². The first-order chi connectivity index (χ1) is 16.0.